The van der Waals surface area contributed by atoms with Crippen LogP contribution in [0.5, 0.6) is 0 Å². The van der Waals surface area contributed by atoms with Crippen LogP contribution in [-0.4, -0.2) is 36.0 Å². The van der Waals surface area contributed by atoms with Crippen molar-refractivity contribution in [3.05, 3.63) is 71.1 Å². The molecule has 1 aliphatic rings. The van der Waals surface area contributed by atoms with Gasteiger partial charge in [0.15, 0.2) is 9.84 Å². The fourth-order valence-corrected chi connectivity index (χ4v) is 6.47. The highest BCUT2D eigenvalue weighted by Crippen LogP contribution is 2.36. The van der Waals surface area contributed by atoms with Gasteiger partial charge in [0.1, 0.15) is 5.25 Å². The van der Waals surface area contributed by atoms with Gasteiger partial charge in [0.25, 0.3) is 5.22 Å². The van der Waals surface area contributed by atoms with Crippen LogP contribution >= 0.6 is 11.8 Å². The number of anilines is 1. The van der Waals surface area contributed by atoms with E-state index in [-0.39, 0.29) is 28.6 Å². The normalized spacial score (nSPS) is 18.4. The van der Waals surface area contributed by atoms with Crippen LogP contribution in [0, 0.1) is 19.8 Å². The van der Waals surface area contributed by atoms with Crippen molar-refractivity contribution in [3.8, 4) is 0 Å². The summed E-state index contributed by atoms with van der Waals surface area (Å²) >= 11 is 1.19. The number of rotatable bonds is 7. The molecule has 4 rings (SSSR count). The van der Waals surface area contributed by atoms with Gasteiger partial charge in [0.2, 0.25) is 11.8 Å². The zero-order chi connectivity index (χ0) is 22.7. The lowest BCUT2D eigenvalue weighted by Crippen LogP contribution is -2.19. The molecule has 1 aromatic heterocycles. The van der Waals surface area contributed by atoms with Crippen molar-refractivity contribution >= 4 is 33.2 Å². The molecule has 0 saturated carbocycles. The first-order valence-corrected chi connectivity index (χ1v) is 13.1. The van der Waals surface area contributed by atoms with Crippen molar-refractivity contribution < 1.29 is 17.6 Å². The van der Waals surface area contributed by atoms with Gasteiger partial charge in [-0.15, -0.1) is 10.2 Å². The van der Waals surface area contributed by atoms with Crippen molar-refractivity contribution in [1.82, 2.24) is 10.2 Å². The van der Waals surface area contributed by atoms with E-state index < -0.39 is 15.1 Å². The van der Waals surface area contributed by atoms with Gasteiger partial charge in [-0.05, 0) is 60.7 Å². The molecule has 0 bridgehead atoms. The fourth-order valence-electron chi connectivity index (χ4n) is 3.72. The molecule has 1 saturated heterocycles. The number of hydrogen-bond donors (Lipinski definition) is 1. The van der Waals surface area contributed by atoms with Gasteiger partial charge in [0, 0.05) is 12.1 Å². The van der Waals surface area contributed by atoms with Crippen LogP contribution in [0.25, 0.3) is 0 Å². The van der Waals surface area contributed by atoms with E-state index in [1.807, 2.05) is 62.4 Å². The molecule has 7 nitrogen and oxygen atoms in total. The first-order valence-electron chi connectivity index (χ1n) is 10.4. The second-order valence-electron chi connectivity index (χ2n) is 8.15. The van der Waals surface area contributed by atoms with Crippen molar-refractivity contribution in [2.75, 3.05) is 16.8 Å². The van der Waals surface area contributed by atoms with E-state index in [4.69, 9.17) is 4.42 Å². The molecular weight excluding hydrogens is 446 g/mol. The molecule has 0 aliphatic carbocycles. The molecule has 2 atom stereocenters. The minimum atomic E-state index is -2.96. The van der Waals surface area contributed by atoms with Crippen molar-refractivity contribution in [2.24, 2.45) is 5.92 Å². The number of aryl methyl sites for hydroxylation is 2. The van der Waals surface area contributed by atoms with Crippen LogP contribution < -0.4 is 5.32 Å². The van der Waals surface area contributed by atoms with Crippen LogP contribution in [0.3, 0.4) is 0 Å². The summed E-state index contributed by atoms with van der Waals surface area (Å²) in [4.78, 5) is 13.2. The van der Waals surface area contributed by atoms with Crippen molar-refractivity contribution in [1.29, 1.82) is 0 Å². The molecular formula is C23H25N3O4S2. The van der Waals surface area contributed by atoms with E-state index in [9.17, 15) is 13.2 Å². The zero-order valence-electron chi connectivity index (χ0n) is 17.9. The predicted molar refractivity (Wildman–Crippen MR) is 124 cm³/mol. The lowest BCUT2D eigenvalue weighted by Gasteiger charge is -2.16. The van der Waals surface area contributed by atoms with E-state index in [1.54, 1.807) is 0 Å². The van der Waals surface area contributed by atoms with Crippen molar-refractivity contribution in [2.45, 2.75) is 37.2 Å². The minimum Gasteiger partial charge on any atom is -0.416 e. The Morgan fingerprint density at radius 2 is 1.97 bits per heavy atom. The second-order valence-corrected chi connectivity index (χ2v) is 11.4. The van der Waals surface area contributed by atoms with Crippen LogP contribution in [0.2, 0.25) is 0 Å². The number of carbonyl (C=O) groups excluding carboxylic acids is 1. The molecule has 1 amide bonds. The average Bonchev–Trinajstić information content (AvgIpc) is 3.34. The van der Waals surface area contributed by atoms with E-state index in [2.05, 4.69) is 15.5 Å². The van der Waals surface area contributed by atoms with Gasteiger partial charge in [-0.3, -0.25) is 4.79 Å². The highest BCUT2D eigenvalue weighted by atomic mass is 32.2. The number of carbonyl (C=O) groups is 1. The topological polar surface area (TPSA) is 102 Å². The van der Waals surface area contributed by atoms with Crippen LogP contribution in [0.1, 0.15) is 34.3 Å². The Morgan fingerprint density at radius 3 is 2.69 bits per heavy atom. The third kappa shape index (κ3) is 5.58. The van der Waals surface area contributed by atoms with Gasteiger partial charge >= 0.3 is 0 Å². The molecule has 2 aromatic carbocycles. The standard InChI is InChI=1S/C23H25N3O4S2/c1-15-8-9-16(2)19(12-15)24-22(27)21(18-6-4-3-5-7-18)31-23-26-25-20(30-23)13-17-10-11-32(28,29)14-17/h3-9,12,17,21H,10-11,13-14H2,1-2H3,(H,24,27)/t17-,21-/m1/s1. The smallest absolute Gasteiger partial charge is 0.277 e. The number of sulfone groups is 1. The number of hydrogen-bond acceptors (Lipinski definition) is 7. The van der Waals surface area contributed by atoms with E-state index in [0.29, 0.717) is 18.7 Å². The number of aromatic nitrogens is 2. The highest BCUT2D eigenvalue weighted by molar-refractivity contribution is 8.00. The maximum absolute atomic E-state index is 13.2. The van der Waals surface area contributed by atoms with Crippen molar-refractivity contribution in [3.63, 3.8) is 0 Å². The Labute approximate surface area is 191 Å². The SMILES string of the molecule is Cc1ccc(C)c(NC(=O)[C@H](Sc2nnc(C[C@H]3CCS(=O)(=O)C3)o2)c2ccccc2)c1. The summed E-state index contributed by atoms with van der Waals surface area (Å²) in [6.45, 7) is 3.93. The maximum atomic E-state index is 13.2. The Kier molecular flexibility index (Phi) is 6.66. The number of amides is 1. The highest BCUT2D eigenvalue weighted by Gasteiger charge is 2.30. The summed E-state index contributed by atoms with van der Waals surface area (Å²) in [5.74, 6) is 0.578. The molecule has 32 heavy (non-hydrogen) atoms. The number of nitrogens with one attached hydrogen (secondary N) is 1. The summed E-state index contributed by atoms with van der Waals surface area (Å²) in [6, 6.07) is 15.4. The fraction of sp³-hybridized carbons (Fsp3) is 0.348. The number of nitrogens with zero attached hydrogens (tertiary/aromatic N) is 2. The van der Waals surface area contributed by atoms with Gasteiger partial charge in [-0.1, -0.05) is 42.5 Å². The Balaban J connectivity index is 1.51. The van der Waals surface area contributed by atoms with Gasteiger partial charge < -0.3 is 9.73 Å². The first-order chi connectivity index (χ1) is 15.3. The lowest BCUT2D eigenvalue weighted by atomic mass is 10.1. The third-order valence-electron chi connectivity index (χ3n) is 5.45. The van der Waals surface area contributed by atoms with Crippen LogP contribution in [-0.2, 0) is 21.1 Å². The van der Waals surface area contributed by atoms with Gasteiger partial charge in [-0.25, -0.2) is 8.42 Å². The minimum absolute atomic E-state index is 0.00388. The monoisotopic (exact) mass is 471 g/mol. The largest absolute Gasteiger partial charge is 0.416 e. The molecule has 0 spiro atoms. The molecule has 1 fully saturated rings. The molecule has 1 N–H and O–H groups in total. The quantitative estimate of drug-likeness (QED) is 0.517. The maximum Gasteiger partial charge on any atom is 0.277 e. The van der Waals surface area contributed by atoms with Crippen LogP contribution in [0.15, 0.2) is 58.2 Å². The van der Waals surface area contributed by atoms with Crippen LogP contribution in [0.4, 0.5) is 5.69 Å². The van der Waals surface area contributed by atoms with Gasteiger partial charge in [0.05, 0.1) is 11.5 Å². The Bertz CT molecular complexity index is 1210. The van der Waals surface area contributed by atoms with E-state index in [0.717, 1.165) is 22.4 Å². The molecule has 9 heteroatoms. The number of thioether (sulfide) groups is 1. The summed E-state index contributed by atoms with van der Waals surface area (Å²) < 4.78 is 29.2. The van der Waals surface area contributed by atoms with E-state index in [1.165, 1.54) is 11.8 Å². The molecule has 1 aliphatic heterocycles. The molecule has 168 valence electrons. The molecule has 2 heterocycles. The summed E-state index contributed by atoms with van der Waals surface area (Å²) in [5.41, 5.74) is 3.63. The zero-order valence-corrected chi connectivity index (χ0v) is 19.6. The van der Waals surface area contributed by atoms with E-state index >= 15 is 0 Å². The second kappa shape index (κ2) is 9.46. The summed E-state index contributed by atoms with van der Waals surface area (Å²) in [5, 5.41) is 10.9. The molecule has 3 aromatic rings. The first kappa shape index (κ1) is 22.5. The summed E-state index contributed by atoms with van der Waals surface area (Å²) in [7, 11) is -2.96. The Morgan fingerprint density at radius 1 is 1.19 bits per heavy atom. The lowest BCUT2D eigenvalue weighted by molar-refractivity contribution is -0.115. The average molecular weight is 472 g/mol. The molecule has 0 radical (unpaired) electrons. The number of benzene rings is 2. The Hall–Kier alpha value is -2.65. The third-order valence-corrected chi connectivity index (χ3v) is 8.37. The molecule has 0 unspecified atom stereocenters. The summed E-state index contributed by atoms with van der Waals surface area (Å²) in [6.07, 6.45) is 1.04. The predicted octanol–water partition coefficient (Wildman–Crippen LogP) is 4.14. The van der Waals surface area contributed by atoms with Gasteiger partial charge in [-0.2, -0.15) is 0 Å².